The summed E-state index contributed by atoms with van der Waals surface area (Å²) in [4.78, 5) is 12.4. The van der Waals surface area contributed by atoms with Gasteiger partial charge in [0.2, 0.25) is 0 Å². The molecular weight excluding hydrogens is 324 g/mol. The van der Waals surface area contributed by atoms with E-state index in [0.717, 1.165) is 35.3 Å². The van der Waals surface area contributed by atoms with Crippen LogP contribution in [0.25, 0.3) is 5.57 Å². The van der Waals surface area contributed by atoms with Gasteiger partial charge in [-0.1, -0.05) is 63.3 Å². The summed E-state index contributed by atoms with van der Waals surface area (Å²) in [6, 6.07) is 6.08. The zero-order valence-corrected chi connectivity index (χ0v) is 17.0. The highest BCUT2D eigenvalue weighted by Gasteiger charge is 2.19. The molecule has 0 aromatic heterocycles. The summed E-state index contributed by atoms with van der Waals surface area (Å²) in [5.41, 5.74) is 3.18. The fourth-order valence-electron chi connectivity index (χ4n) is 2.66. The van der Waals surface area contributed by atoms with Crippen LogP contribution < -0.4 is 4.74 Å². The standard InChI is InChI=1S/C23H32O3/c1-8-12-19(22(24)26-23(4,5)6)16-15-17(9-2)20-14-11-13-18(10-3)21(20)25-7/h9,11,13-16H,2,8,10,12H2,1,3-7H3/b17-15+,19-16+. The molecule has 0 atom stereocenters. The summed E-state index contributed by atoms with van der Waals surface area (Å²) in [6.45, 7) is 13.7. The normalized spacial score (nSPS) is 12.7. The fourth-order valence-corrected chi connectivity index (χ4v) is 2.66. The second-order valence-corrected chi connectivity index (χ2v) is 7.12. The van der Waals surface area contributed by atoms with E-state index in [0.29, 0.717) is 12.0 Å². The zero-order valence-electron chi connectivity index (χ0n) is 17.0. The van der Waals surface area contributed by atoms with Gasteiger partial charge in [-0.2, -0.15) is 0 Å². The number of esters is 1. The van der Waals surface area contributed by atoms with Gasteiger partial charge in [-0.3, -0.25) is 0 Å². The van der Waals surface area contributed by atoms with Gasteiger partial charge in [0.25, 0.3) is 0 Å². The number of methoxy groups -OCH3 is 1. The molecular formula is C23H32O3. The van der Waals surface area contributed by atoms with Gasteiger partial charge in [0.05, 0.1) is 7.11 Å². The molecule has 0 aliphatic heterocycles. The lowest BCUT2D eigenvalue weighted by Gasteiger charge is -2.20. The van der Waals surface area contributed by atoms with Crippen molar-refractivity contribution in [2.24, 2.45) is 0 Å². The van der Waals surface area contributed by atoms with E-state index in [1.165, 1.54) is 0 Å². The van der Waals surface area contributed by atoms with Crippen molar-refractivity contribution in [3.63, 3.8) is 0 Å². The van der Waals surface area contributed by atoms with Crippen LogP contribution >= 0.6 is 0 Å². The smallest absolute Gasteiger partial charge is 0.334 e. The number of aryl methyl sites for hydroxylation is 1. The lowest BCUT2D eigenvalue weighted by molar-refractivity contribution is -0.150. The number of allylic oxidation sites excluding steroid dienone is 4. The molecule has 0 spiro atoms. The van der Waals surface area contributed by atoms with E-state index in [2.05, 4.69) is 19.6 Å². The largest absolute Gasteiger partial charge is 0.496 e. The molecule has 0 bridgehead atoms. The Kier molecular flexibility index (Phi) is 8.37. The van der Waals surface area contributed by atoms with E-state index >= 15 is 0 Å². The molecule has 0 N–H and O–H groups in total. The summed E-state index contributed by atoms with van der Waals surface area (Å²) in [5, 5.41) is 0. The summed E-state index contributed by atoms with van der Waals surface area (Å²) in [6.07, 6.45) is 7.97. The lowest BCUT2D eigenvalue weighted by atomic mass is 9.99. The van der Waals surface area contributed by atoms with Crippen LogP contribution in [0.15, 0.2) is 48.6 Å². The average Bonchev–Trinajstić information content (AvgIpc) is 2.59. The maximum Gasteiger partial charge on any atom is 0.334 e. The number of hydrogen-bond acceptors (Lipinski definition) is 3. The van der Waals surface area contributed by atoms with Crippen molar-refractivity contribution >= 4 is 11.5 Å². The summed E-state index contributed by atoms with van der Waals surface area (Å²) >= 11 is 0. The lowest BCUT2D eigenvalue weighted by Crippen LogP contribution is -2.24. The van der Waals surface area contributed by atoms with Crippen LogP contribution in [-0.2, 0) is 16.0 Å². The summed E-state index contributed by atoms with van der Waals surface area (Å²) in [5.74, 6) is 0.581. The molecule has 1 rings (SSSR count). The van der Waals surface area contributed by atoms with Crippen molar-refractivity contribution < 1.29 is 14.3 Å². The van der Waals surface area contributed by atoms with Crippen LogP contribution in [0.4, 0.5) is 0 Å². The number of para-hydroxylation sites is 1. The highest BCUT2D eigenvalue weighted by molar-refractivity contribution is 5.90. The second kappa shape index (κ2) is 10.0. The molecule has 0 fully saturated rings. The van der Waals surface area contributed by atoms with E-state index in [4.69, 9.17) is 9.47 Å². The maximum atomic E-state index is 12.4. The van der Waals surface area contributed by atoms with Crippen molar-refractivity contribution in [2.45, 2.75) is 59.5 Å². The van der Waals surface area contributed by atoms with Gasteiger partial charge in [-0.05, 0) is 44.7 Å². The Morgan fingerprint density at radius 3 is 2.38 bits per heavy atom. The van der Waals surface area contributed by atoms with Crippen molar-refractivity contribution in [3.05, 3.63) is 59.7 Å². The van der Waals surface area contributed by atoms with Gasteiger partial charge >= 0.3 is 5.97 Å². The number of rotatable bonds is 8. The molecule has 1 aromatic rings. The van der Waals surface area contributed by atoms with Crippen LogP contribution in [0.5, 0.6) is 5.75 Å². The number of carbonyl (C=O) groups excluding carboxylic acids is 1. The quantitative estimate of drug-likeness (QED) is 0.331. The third kappa shape index (κ3) is 6.21. The number of hydrogen-bond donors (Lipinski definition) is 0. The Hall–Kier alpha value is -2.29. The van der Waals surface area contributed by atoms with Crippen LogP contribution in [0.1, 0.15) is 58.6 Å². The minimum atomic E-state index is -0.506. The van der Waals surface area contributed by atoms with Crippen molar-refractivity contribution in [3.8, 4) is 5.75 Å². The minimum Gasteiger partial charge on any atom is -0.496 e. The second-order valence-electron chi connectivity index (χ2n) is 7.12. The molecule has 142 valence electrons. The van der Waals surface area contributed by atoms with E-state index < -0.39 is 5.60 Å². The molecule has 1 aromatic carbocycles. The van der Waals surface area contributed by atoms with E-state index in [1.54, 1.807) is 13.2 Å². The van der Waals surface area contributed by atoms with Gasteiger partial charge in [0, 0.05) is 11.1 Å². The molecule has 0 radical (unpaired) electrons. The minimum absolute atomic E-state index is 0.270. The Bertz CT molecular complexity index is 688. The first-order chi connectivity index (χ1) is 12.3. The molecule has 0 saturated heterocycles. The van der Waals surface area contributed by atoms with E-state index in [9.17, 15) is 4.79 Å². The SMILES string of the molecule is C=C/C(=C\C=C(/CCC)C(=O)OC(C)(C)C)c1cccc(CC)c1OC. The first-order valence-electron chi connectivity index (χ1n) is 9.20. The predicted octanol–water partition coefficient (Wildman–Crippen LogP) is 5.90. The molecule has 0 amide bonds. The van der Waals surface area contributed by atoms with Gasteiger partial charge < -0.3 is 9.47 Å². The van der Waals surface area contributed by atoms with Gasteiger partial charge in [-0.25, -0.2) is 4.79 Å². The highest BCUT2D eigenvalue weighted by Crippen LogP contribution is 2.31. The third-order valence-corrected chi connectivity index (χ3v) is 3.86. The van der Waals surface area contributed by atoms with Gasteiger partial charge in [0.1, 0.15) is 11.4 Å². The summed E-state index contributed by atoms with van der Waals surface area (Å²) < 4.78 is 11.1. The van der Waals surface area contributed by atoms with Crippen LogP contribution in [0, 0.1) is 0 Å². The third-order valence-electron chi connectivity index (χ3n) is 3.86. The van der Waals surface area contributed by atoms with Crippen molar-refractivity contribution in [1.82, 2.24) is 0 Å². The average molecular weight is 357 g/mol. The summed E-state index contributed by atoms with van der Waals surface area (Å²) in [7, 11) is 1.68. The topological polar surface area (TPSA) is 35.5 Å². The molecule has 3 heteroatoms. The molecule has 0 aliphatic rings. The Balaban J connectivity index is 3.30. The van der Waals surface area contributed by atoms with Crippen LogP contribution in [0.2, 0.25) is 0 Å². The van der Waals surface area contributed by atoms with Crippen molar-refractivity contribution in [1.29, 1.82) is 0 Å². The molecule has 0 aliphatic carbocycles. The Morgan fingerprint density at radius 2 is 1.88 bits per heavy atom. The molecule has 0 saturated carbocycles. The van der Waals surface area contributed by atoms with Crippen LogP contribution in [0.3, 0.4) is 0 Å². The molecule has 26 heavy (non-hydrogen) atoms. The van der Waals surface area contributed by atoms with Crippen LogP contribution in [-0.4, -0.2) is 18.7 Å². The number of benzene rings is 1. The number of carbonyl (C=O) groups is 1. The predicted molar refractivity (Wildman–Crippen MR) is 109 cm³/mol. The van der Waals surface area contributed by atoms with Gasteiger partial charge in [0.15, 0.2) is 0 Å². The molecule has 3 nitrogen and oxygen atoms in total. The van der Waals surface area contributed by atoms with E-state index in [1.807, 2.05) is 52.0 Å². The zero-order chi connectivity index (χ0) is 19.7. The maximum absolute atomic E-state index is 12.4. The van der Waals surface area contributed by atoms with E-state index in [-0.39, 0.29) is 5.97 Å². The highest BCUT2D eigenvalue weighted by atomic mass is 16.6. The molecule has 0 heterocycles. The monoisotopic (exact) mass is 356 g/mol. The van der Waals surface area contributed by atoms with Gasteiger partial charge in [-0.15, -0.1) is 0 Å². The number of ether oxygens (including phenoxy) is 2. The Morgan fingerprint density at radius 1 is 1.19 bits per heavy atom. The molecule has 0 unspecified atom stereocenters. The van der Waals surface area contributed by atoms with Crippen molar-refractivity contribution in [2.75, 3.05) is 7.11 Å². The first-order valence-corrected chi connectivity index (χ1v) is 9.20. The first kappa shape index (κ1) is 21.8. The fraction of sp³-hybridized carbons (Fsp3) is 0.435. The Labute approximate surface area is 158 Å².